The molecule has 7 heteroatoms. The molecule has 2 aliphatic rings. The Bertz CT molecular complexity index is 733. The first-order chi connectivity index (χ1) is 12.2. The van der Waals surface area contributed by atoms with Crippen molar-refractivity contribution in [1.29, 1.82) is 0 Å². The number of anilines is 2. The number of carboxylic acids is 1. The Morgan fingerprint density at radius 1 is 1.27 bits per heavy atom. The third kappa shape index (κ3) is 3.52. The Balaban J connectivity index is 1.63. The number of hydrogen-bond acceptors (Lipinski definition) is 3. The van der Waals surface area contributed by atoms with Crippen molar-refractivity contribution >= 4 is 29.3 Å². The van der Waals surface area contributed by atoms with Crippen molar-refractivity contribution in [3.63, 3.8) is 0 Å². The number of likely N-dealkylation sites (tertiary alicyclic amines) is 1. The van der Waals surface area contributed by atoms with Crippen molar-refractivity contribution in [2.75, 3.05) is 23.3 Å². The first-order valence-electron chi connectivity index (χ1n) is 8.90. The van der Waals surface area contributed by atoms with E-state index in [2.05, 4.69) is 12.2 Å². The van der Waals surface area contributed by atoms with E-state index >= 15 is 0 Å². The summed E-state index contributed by atoms with van der Waals surface area (Å²) in [6, 6.07) is 7.14. The molecule has 3 unspecified atom stereocenters. The lowest BCUT2D eigenvalue weighted by atomic mass is 9.90. The van der Waals surface area contributed by atoms with Crippen LogP contribution in [0.15, 0.2) is 24.3 Å². The normalized spacial score (nSPS) is 27.1. The zero-order valence-corrected chi connectivity index (χ0v) is 15.4. The second-order valence-electron chi connectivity index (χ2n) is 7.68. The number of amides is 3. The van der Waals surface area contributed by atoms with Gasteiger partial charge in [-0.1, -0.05) is 6.92 Å². The maximum atomic E-state index is 12.4. The number of hydrogen-bond donors (Lipinski definition) is 2. The Labute approximate surface area is 153 Å². The minimum Gasteiger partial charge on any atom is -0.481 e. The molecule has 0 radical (unpaired) electrons. The lowest BCUT2D eigenvalue weighted by molar-refractivity contribution is -0.147. The highest BCUT2D eigenvalue weighted by molar-refractivity contribution is 5.94. The fourth-order valence-electron chi connectivity index (χ4n) is 3.49. The van der Waals surface area contributed by atoms with Crippen LogP contribution in [0.3, 0.4) is 0 Å². The number of nitrogens with zero attached hydrogens (tertiary/aromatic N) is 2. The van der Waals surface area contributed by atoms with E-state index in [0.717, 1.165) is 12.1 Å². The Morgan fingerprint density at radius 3 is 2.35 bits per heavy atom. The lowest BCUT2D eigenvalue weighted by Crippen LogP contribution is -2.37. The molecule has 3 atom stereocenters. The SMILES string of the molecule is CC(=O)N(c1ccc(NC(=O)N2CCC(C)(C(=O)O)C2)cc1)C1CC1C. The van der Waals surface area contributed by atoms with Crippen LogP contribution in [0.25, 0.3) is 0 Å². The monoisotopic (exact) mass is 359 g/mol. The molecule has 0 bridgehead atoms. The largest absolute Gasteiger partial charge is 0.481 e. The number of carboxylic acid groups (broad SMARTS) is 1. The van der Waals surface area contributed by atoms with Gasteiger partial charge in [0.1, 0.15) is 0 Å². The lowest BCUT2D eigenvalue weighted by Gasteiger charge is -2.22. The van der Waals surface area contributed by atoms with Gasteiger partial charge in [0.15, 0.2) is 0 Å². The van der Waals surface area contributed by atoms with Gasteiger partial charge in [-0.2, -0.15) is 0 Å². The van der Waals surface area contributed by atoms with Crippen LogP contribution in [0.5, 0.6) is 0 Å². The molecular weight excluding hydrogens is 334 g/mol. The van der Waals surface area contributed by atoms with Gasteiger partial charge >= 0.3 is 12.0 Å². The fraction of sp³-hybridized carbons (Fsp3) is 0.526. The smallest absolute Gasteiger partial charge is 0.321 e. The van der Waals surface area contributed by atoms with Crippen LogP contribution >= 0.6 is 0 Å². The Hall–Kier alpha value is -2.57. The predicted octanol–water partition coefficient (Wildman–Crippen LogP) is 2.78. The highest BCUT2D eigenvalue weighted by Gasteiger charge is 2.42. The first-order valence-corrected chi connectivity index (χ1v) is 8.90. The maximum absolute atomic E-state index is 12.4. The van der Waals surface area contributed by atoms with Crippen molar-refractivity contribution in [2.24, 2.45) is 11.3 Å². The number of rotatable bonds is 4. The highest BCUT2D eigenvalue weighted by atomic mass is 16.4. The third-order valence-electron chi connectivity index (χ3n) is 5.41. The van der Waals surface area contributed by atoms with Crippen molar-refractivity contribution in [2.45, 2.75) is 39.7 Å². The van der Waals surface area contributed by atoms with Crippen LogP contribution in [-0.4, -0.2) is 47.0 Å². The van der Waals surface area contributed by atoms with E-state index in [9.17, 15) is 19.5 Å². The van der Waals surface area contributed by atoms with Gasteiger partial charge in [-0.15, -0.1) is 0 Å². The average Bonchev–Trinajstić information content (AvgIpc) is 3.12. The van der Waals surface area contributed by atoms with Gasteiger partial charge in [-0.05, 0) is 49.9 Å². The molecule has 1 heterocycles. The molecule has 1 aliphatic carbocycles. The molecular formula is C19H25N3O4. The fourth-order valence-corrected chi connectivity index (χ4v) is 3.49. The van der Waals surface area contributed by atoms with Crippen molar-refractivity contribution in [3.8, 4) is 0 Å². The summed E-state index contributed by atoms with van der Waals surface area (Å²) in [4.78, 5) is 38.9. The number of aliphatic carboxylic acids is 1. The summed E-state index contributed by atoms with van der Waals surface area (Å²) in [6.45, 7) is 5.96. The first kappa shape index (κ1) is 18.2. The molecule has 3 amide bonds. The zero-order chi connectivity index (χ0) is 19.1. The molecule has 1 saturated heterocycles. The third-order valence-corrected chi connectivity index (χ3v) is 5.41. The van der Waals surface area contributed by atoms with E-state index < -0.39 is 11.4 Å². The van der Waals surface area contributed by atoms with Crippen LogP contribution in [0.4, 0.5) is 16.2 Å². The summed E-state index contributed by atoms with van der Waals surface area (Å²) >= 11 is 0. The molecule has 7 nitrogen and oxygen atoms in total. The number of nitrogens with one attached hydrogen (secondary N) is 1. The zero-order valence-electron chi connectivity index (χ0n) is 15.4. The average molecular weight is 359 g/mol. The molecule has 0 aromatic heterocycles. The molecule has 3 rings (SSSR count). The molecule has 1 aliphatic heterocycles. The molecule has 2 fully saturated rings. The maximum Gasteiger partial charge on any atom is 0.321 e. The molecule has 26 heavy (non-hydrogen) atoms. The minimum atomic E-state index is -0.885. The standard InChI is InChI=1S/C19H25N3O4/c1-12-10-16(12)22(13(2)23)15-6-4-14(5-7-15)20-18(26)21-9-8-19(3,11-21)17(24)25/h4-7,12,16H,8-11H2,1-3H3,(H,20,26)(H,24,25). The minimum absolute atomic E-state index is 0.0150. The van der Waals surface area contributed by atoms with Gasteiger partial charge in [0, 0.05) is 37.4 Å². The molecule has 2 N–H and O–H groups in total. The van der Waals surface area contributed by atoms with Crippen LogP contribution in [0.1, 0.15) is 33.6 Å². The Morgan fingerprint density at radius 2 is 1.88 bits per heavy atom. The number of benzene rings is 1. The van der Waals surface area contributed by atoms with Crippen molar-refractivity contribution < 1.29 is 19.5 Å². The number of carbonyl (C=O) groups excluding carboxylic acids is 2. The van der Waals surface area contributed by atoms with E-state index in [1.54, 1.807) is 30.9 Å². The quantitative estimate of drug-likeness (QED) is 0.865. The summed E-state index contributed by atoms with van der Waals surface area (Å²) in [5.74, 6) is -0.353. The van der Waals surface area contributed by atoms with Gasteiger partial charge in [0.2, 0.25) is 5.91 Å². The summed E-state index contributed by atoms with van der Waals surface area (Å²) in [5.41, 5.74) is 0.559. The molecule has 1 saturated carbocycles. The van der Waals surface area contributed by atoms with E-state index in [0.29, 0.717) is 24.6 Å². The summed E-state index contributed by atoms with van der Waals surface area (Å²) in [7, 11) is 0. The van der Waals surface area contributed by atoms with E-state index in [4.69, 9.17) is 0 Å². The van der Waals surface area contributed by atoms with Gasteiger partial charge in [0.25, 0.3) is 0 Å². The molecule has 140 valence electrons. The van der Waals surface area contributed by atoms with Crippen LogP contribution in [0.2, 0.25) is 0 Å². The number of urea groups is 1. The predicted molar refractivity (Wildman–Crippen MR) is 98.1 cm³/mol. The van der Waals surface area contributed by atoms with Crippen molar-refractivity contribution in [1.82, 2.24) is 4.90 Å². The second kappa shape index (κ2) is 6.63. The summed E-state index contributed by atoms with van der Waals surface area (Å²) in [5, 5.41) is 12.1. The Kier molecular flexibility index (Phi) is 4.64. The van der Waals surface area contributed by atoms with Crippen molar-refractivity contribution in [3.05, 3.63) is 24.3 Å². The van der Waals surface area contributed by atoms with Crippen LogP contribution < -0.4 is 10.2 Å². The van der Waals surface area contributed by atoms with Gasteiger partial charge in [-0.3, -0.25) is 9.59 Å². The molecule has 1 aromatic rings. The van der Waals surface area contributed by atoms with E-state index in [-0.39, 0.29) is 24.5 Å². The summed E-state index contributed by atoms with van der Waals surface area (Å²) < 4.78 is 0. The molecule has 0 spiro atoms. The highest BCUT2D eigenvalue weighted by Crippen LogP contribution is 2.38. The summed E-state index contributed by atoms with van der Waals surface area (Å²) in [6.07, 6.45) is 1.46. The van der Waals surface area contributed by atoms with Gasteiger partial charge in [-0.25, -0.2) is 4.79 Å². The second-order valence-corrected chi connectivity index (χ2v) is 7.68. The van der Waals surface area contributed by atoms with E-state index in [1.807, 2.05) is 12.1 Å². The molecule has 1 aromatic carbocycles. The number of carbonyl (C=O) groups is 3. The van der Waals surface area contributed by atoms with Gasteiger partial charge in [0.05, 0.1) is 5.41 Å². The topological polar surface area (TPSA) is 90.0 Å². The van der Waals surface area contributed by atoms with Crippen LogP contribution in [-0.2, 0) is 9.59 Å². The van der Waals surface area contributed by atoms with E-state index in [1.165, 1.54) is 4.90 Å². The van der Waals surface area contributed by atoms with Gasteiger partial charge < -0.3 is 20.2 Å². The van der Waals surface area contributed by atoms with Crippen LogP contribution in [0, 0.1) is 11.3 Å².